The molecule has 0 atom stereocenters. The molecule has 0 saturated carbocycles. The first-order valence-corrected chi connectivity index (χ1v) is 6.07. The summed E-state index contributed by atoms with van der Waals surface area (Å²) in [5.41, 5.74) is 2.23. The lowest BCUT2D eigenvalue weighted by Gasteiger charge is -1.99. The minimum Gasteiger partial charge on any atom is -0.333 e. The Bertz CT molecular complexity index is 750. The Kier molecular flexibility index (Phi) is 2.94. The van der Waals surface area contributed by atoms with Crippen LogP contribution in [0.2, 0.25) is 0 Å². The van der Waals surface area contributed by atoms with Crippen molar-refractivity contribution in [2.24, 2.45) is 0 Å². The molecule has 0 radical (unpaired) electrons. The molecule has 0 spiro atoms. The predicted octanol–water partition coefficient (Wildman–Crippen LogP) is 1.91. The van der Waals surface area contributed by atoms with E-state index < -0.39 is 0 Å². The van der Waals surface area contributed by atoms with E-state index in [9.17, 15) is 0 Å². The number of aryl methyl sites for hydroxylation is 3. The van der Waals surface area contributed by atoms with Gasteiger partial charge in [0.25, 0.3) is 5.89 Å². The first-order chi connectivity index (χ1) is 9.63. The van der Waals surface area contributed by atoms with Crippen molar-refractivity contribution < 1.29 is 4.52 Å². The van der Waals surface area contributed by atoms with Gasteiger partial charge in [-0.1, -0.05) is 5.16 Å². The zero-order chi connectivity index (χ0) is 14.1. The SMILES string of the molecule is Cc1ncc(-c2noc(-c3cnc(C)nc3C)n2)cn1. The predicted molar refractivity (Wildman–Crippen MR) is 70.6 cm³/mol. The van der Waals surface area contributed by atoms with Gasteiger partial charge in [0.1, 0.15) is 11.6 Å². The summed E-state index contributed by atoms with van der Waals surface area (Å²) in [4.78, 5) is 21.0. The van der Waals surface area contributed by atoms with Crippen molar-refractivity contribution in [3.8, 4) is 22.8 Å². The third-order valence-corrected chi connectivity index (χ3v) is 2.80. The monoisotopic (exact) mass is 268 g/mol. The third kappa shape index (κ3) is 2.25. The van der Waals surface area contributed by atoms with E-state index in [1.165, 1.54) is 0 Å². The van der Waals surface area contributed by atoms with Gasteiger partial charge < -0.3 is 4.52 Å². The first-order valence-electron chi connectivity index (χ1n) is 6.07. The molecule has 3 aromatic rings. The summed E-state index contributed by atoms with van der Waals surface area (Å²) in [7, 11) is 0. The molecule has 3 heterocycles. The third-order valence-electron chi connectivity index (χ3n) is 2.80. The number of hydrogen-bond donors (Lipinski definition) is 0. The Hall–Kier alpha value is -2.70. The van der Waals surface area contributed by atoms with Gasteiger partial charge in [0.05, 0.1) is 16.8 Å². The standard InChI is InChI=1S/C13H12N6O/c1-7-11(6-16-9(3)17-7)13-18-12(19-20-13)10-4-14-8(2)15-5-10/h4-6H,1-3H3. The van der Waals surface area contributed by atoms with E-state index >= 15 is 0 Å². The van der Waals surface area contributed by atoms with E-state index in [0.717, 1.165) is 11.3 Å². The van der Waals surface area contributed by atoms with Gasteiger partial charge in [-0.05, 0) is 20.8 Å². The van der Waals surface area contributed by atoms with Gasteiger partial charge in [0.2, 0.25) is 5.82 Å². The van der Waals surface area contributed by atoms with E-state index in [1.807, 2.05) is 20.8 Å². The van der Waals surface area contributed by atoms with E-state index in [2.05, 4.69) is 30.1 Å². The largest absolute Gasteiger partial charge is 0.333 e. The first kappa shape index (κ1) is 12.3. The fourth-order valence-electron chi connectivity index (χ4n) is 1.75. The van der Waals surface area contributed by atoms with Crippen LogP contribution in [0.25, 0.3) is 22.8 Å². The van der Waals surface area contributed by atoms with Crippen LogP contribution >= 0.6 is 0 Å². The molecule has 0 bridgehead atoms. The van der Waals surface area contributed by atoms with Gasteiger partial charge in [-0.2, -0.15) is 4.98 Å². The molecule has 0 aliphatic rings. The van der Waals surface area contributed by atoms with Crippen molar-refractivity contribution in [2.45, 2.75) is 20.8 Å². The van der Waals surface area contributed by atoms with Gasteiger partial charge in [0, 0.05) is 18.6 Å². The van der Waals surface area contributed by atoms with Crippen LogP contribution in [0, 0.1) is 20.8 Å². The van der Waals surface area contributed by atoms with Crippen molar-refractivity contribution in [3.05, 3.63) is 35.9 Å². The molecule has 100 valence electrons. The average Bonchev–Trinajstić information content (AvgIpc) is 2.89. The summed E-state index contributed by atoms with van der Waals surface area (Å²) in [6.45, 7) is 5.53. The smallest absolute Gasteiger partial charge is 0.261 e. The summed E-state index contributed by atoms with van der Waals surface area (Å²) in [6.07, 6.45) is 5.01. The Morgan fingerprint density at radius 1 is 0.850 bits per heavy atom. The van der Waals surface area contributed by atoms with Crippen molar-refractivity contribution in [2.75, 3.05) is 0 Å². The molecule has 0 unspecified atom stereocenters. The van der Waals surface area contributed by atoms with Gasteiger partial charge in [0.15, 0.2) is 0 Å². The second-order valence-corrected chi connectivity index (χ2v) is 4.36. The number of nitrogens with zero attached hydrogens (tertiary/aromatic N) is 6. The van der Waals surface area contributed by atoms with Gasteiger partial charge >= 0.3 is 0 Å². The molecule has 0 saturated heterocycles. The Morgan fingerprint density at radius 3 is 2.25 bits per heavy atom. The van der Waals surface area contributed by atoms with Crippen LogP contribution < -0.4 is 0 Å². The highest BCUT2D eigenvalue weighted by Gasteiger charge is 2.14. The Morgan fingerprint density at radius 2 is 1.55 bits per heavy atom. The Balaban J connectivity index is 1.99. The molecule has 7 nitrogen and oxygen atoms in total. The highest BCUT2D eigenvalue weighted by molar-refractivity contribution is 5.59. The summed E-state index contributed by atoms with van der Waals surface area (Å²) >= 11 is 0. The van der Waals surface area contributed by atoms with E-state index in [4.69, 9.17) is 4.52 Å². The lowest BCUT2D eigenvalue weighted by Crippen LogP contribution is -1.94. The van der Waals surface area contributed by atoms with Crippen molar-refractivity contribution in [1.29, 1.82) is 0 Å². The summed E-state index contributed by atoms with van der Waals surface area (Å²) in [5, 5.41) is 3.93. The van der Waals surface area contributed by atoms with E-state index in [0.29, 0.717) is 28.9 Å². The van der Waals surface area contributed by atoms with Crippen LogP contribution in [0.4, 0.5) is 0 Å². The van der Waals surface area contributed by atoms with Crippen molar-refractivity contribution >= 4 is 0 Å². The molecule has 0 amide bonds. The minimum atomic E-state index is 0.387. The van der Waals surface area contributed by atoms with Gasteiger partial charge in [-0.25, -0.2) is 19.9 Å². The van der Waals surface area contributed by atoms with Crippen LogP contribution in [0.15, 0.2) is 23.1 Å². The summed E-state index contributed by atoms with van der Waals surface area (Å²) in [5.74, 6) is 2.23. The fraction of sp³-hybridized carbons (Fsp3) is 0.231. The summed E-state index contributed by atoms with van der Waals surface area (Å²) < 4.78 is 5.26. The maximum atomic E-state index is 5.26. The van der Waals surface area contributed by atoms with Crippen LogP contribution in [0.5, 0.6) is 0 Å². The second kappa shape index (κ2) is 4.76. The zero-order valence-electron chi connectivity index (χ0n) is 11.3. The lowest BCUT2D eigenvalue weighted by atomic mass is 10.2. The normalized spacial score (nSPS) is 10.8. The van der Waals surface area contributed by atoms with Crippen molar-refractivity contribution in [3.63, 3.8) is 0 Å². The van der Waals surface area contributed by atoms with Crippen LogP contribution in [0.3, 0.4) is 0 Å². The molecular weight excluding hydrogens is 256 g/mol. The van der Waals surface area contributed by atoms with E-state index in [1.54, 1.807) is 18.6 Å². The minimum absolute atomic E-state index is 0.387. The Labute approximate surface area is 115 Å². The molecule has 7 heteroatoms. The maximum Gasteiger partial charge on any atom is 0.261 e. The molecular formula is C13H12N6O. The quantitative estimate of drug-likeness (QED) is 0.701. The molecule has 0 aliphatic carbocycles. The topological polar surface area (TPSA) is 90.5 Å². The van der Waals surface area contributed by atoms with Crippen LogP contribution in [0.1, 0.15) is 17.3 Å². The number of aromatic nitrogens is 6. The molecule has 20 heavy (non-hydrogen) atoms. The maximum absolute atomic E-state index is 5.26. The number of rotatable bonds is 2. The van der Waals surface area contributed by atoms with Crippen molar-refractivity contribution in [1.82, 2.24) is 30.1 Å². The average molecular weight is 268 g/mol. The van der Waals surface area contributed by atoms with Gasteiger partial charge in [-0.15, -0.1) is 0 Å². The molecule has 0 aliphatic heterocycles. The highest BCUT2D eigenvalue weighted by atomic mass is 16.5. The molecule has 0 fully saturated rings. The molecule has 3 aromatic heterocycles. The van der Waals surface area contributed by atoms with Crippen LogP contribution in [-0.4, -0.2) is 30.1 Å². The highest BCUT2D eigenvalue weighted by Crippen LogP contribution is 2.22. The molecule has 0 N–H and O–H groups in total. The van der Waals surface area contributed by atoms with Gasteiger partial charge in [-0.3, -0.25) is 0 Å². The number of hydrogen-bond acceptors (Lipinski definition) is 7. The fourth-order valence-corrected chi connectivity index (χ4v) is 1.75. The zero-order valence-corrected chi connectivity index (χ0v) is 11.3. The molecule has 3 rings (SSSR count). The molecule has 0 aromatic carbocycles. The summed E-state index contributed by atoms with van der Waals surface area (Å²) in [6, 6.07) is 0. The van der Waals surface area contributed by atoms with E-state index in [-0.39, 0.29) is 0 Å². The lowest BCUT2D eigenvalue weighted by molar-refractivity contribution is 0.431. The second-order valence-electron chi connectivity index (χ2n) is 4.36. The van der Waals surface area contributed by atoms with Crippen LogP contribution in [-0.2, 0) is 0 Å².